The number of H-pyrrole nitrogens is 1. The van der Waals surface area contributed by atoms with Crippen molar-refractivity contribution in [3.8, 4) is 11.4 Å². The molecular weight excluding hydrogens is 382 g/mol. The van der Waals surface area contributed by atoms with Crippen molar-refractivity contribution in [3.63, 3.8) is 0 Å². The molecule has 6 nitrogen and oxygen atoms in total. The molecule has 0 saturated heterocycles. The highest BCUT2D eigenvalue weighted by atomic mass is 79.9. The average Bonchev–Trinajstić information content (AvgIpc) is 3.18. The number of aromatic amines is 1. The van der Waals surface area contributed by atoms with Crippen molar-refractivity contribution >= 4 is 32.6 Å². The lowest BCUT2D eigenvalue weighted by Gasteiger charge is -2.00. The molecule has 0 aliphatic heterocycles. The van der Waals surface area contributed by atoms with Crippen LogP contribution in [0.15, 0.2) is 53.0 Å². The second-order valence-corrected chi connectivity index (χ2v) is 6.66. The number of benzene rings is 2. The number of nitrogens with one attached hydrogen (secondary N) is 1. The molecule has 0 fully saturated rings. The second kappa shape index (κ2) is 6.25. The molecule has 0 amide bonds. The van der Waals surface area contributed by atoms with E-state index in [1.807, 2.05) is 55.5 Å². The molecular formula is C18H14BrN5O. The van der Waals surface area contributed by atoms with E-state index in [1.54, 1.807) is 0 Å². The minimum absolute atomic E-state index is 0.0466. The van der Waals surface area contributed by atoms with E-state index in [9.17, 15) is 4.79 Å². The molecule has 0 aliphatic carbocycles. The van der Waals surface area contributed by atoms with Crippen molar-refractivity contribution in [1.82, 2.24) is 25.2 Å². The summed E-state index contributed by atoms with van der Waals surface area (Å²) >= 11 is 3.40. The fourth-order valence-corrected chi connectivity index (χ4v) is 3.13. The van der Waals surface area contributed by atoms with E-state index < -0.39 is 0 Å². The van der Waals surface area contributed by atoms with Crippen molar-refractivity contribution in [2.24, 2.45) is 0 Å². The van der Waals surface area contributed by atoms with Gasteiger partial charge in [0.15, 0.2) is 5.78 Å². The van der Waals surface area contributed by atoms with Gasteiger partial charge in [-0.05, 0) is 42.5 Å². The monoisotopic (exact) mass is 395 g/mol. The number of para-hydroxylation sites is 1. The Morgan fingerprint density at radius 3 is 2.72 bits per heavy atom. The van der Waals surface area contributed by atoms with E-state index in [-0.39, 0.29) is 12.3 Å². The van der Waals surface area contributed by atoms with Crippen LogP contribution in [0.2, 0.25) is 0 Å². The molecule has 124 valence electrons. The first-order chi connectivity index (χ1) is 12.1. The zero-order valence-electron chi connectivity index (χ0n) is 13.4. The summed E-state index contributed by atoms with van der Waals surface area (Å²) in [6.45, 7) is 1.95. The Balaban J connectivity index is 1.61. The Kier molecular flexibility index (Phi) is 3.93. The Morgan fingerprint density at radius 2 is 1.92 bits per heavy atom. The summed E-state index contributed by atoms with van der Waals surface area (Å²) in [6.07, 6.45) is 0. The number of nitrogens with zero attached hydrogens (tertiary/aromatic N) is 4. The summed E-state index contributed by atoms with van der Waals surface area (Å²) in [6, 6.07) is 15.4. The molecule has 0 unspecified atom stereocenters. The number of rotatable bonds is 4. The molecule has 1 N–H and O–H groups in total. The minimum atomic E-state index is -0.0466. The summed E-state index contributed by atoms with van der Waals surface area (Å²) in [4.78, 5) is 17.3. The van der Waals surface area contributed by atoms with Crippen LogP contribution in [0, 0.1) is 6.92 Å². The number of tetrazole rings is 1. The second-order valence-electron chi connectivity index (χ2n) is 5.74. The van der Waals surface area contributed by atoms with Crippen LogP contribution in [0.1, 0.15) is 16.1 Å². The topological polar surface area (TPSA) is 76.5 Å². The van der Waals surface area contributed by atoms with Crippen LogP contribution in [-0.2, 0) is 6.54 Å². The highest BCUT2D eigenvalue weighted by Gasteiger charge is 2.17. The number of carbonyl (C=O) groups excluding carboxylic acids is 1. The largest absolute Gasteiger partial charge is 0.358 e. The zero-order valence-corrected chi connectivity index (χ0v) is 15.0. The molecule has 2 heterocycles. The van der Waals surface area contributed by atoms with Gasteiger partial charge in [-0.2, -0.15) is 4.80 Å². The third kappa shape index (κ3) is 2.98. The maximum Gasteiger partial charge on any atom is 0.204 e. The van der Waals surface area contributed by atoms with Crippen LogP contribution >= 0.6 is 15.9 Å². The predicted octanol–water partition coefficient (Wildman–Crippen LogP) is 3.78. The lowest BCUT2D eigenvalue weighted by atomic mass is 10.1. The number of ketones is 1. The molecule has 7 heteroatoms. The number of fused-ring (bicyclic) bond motifs is 1. The molecule has 0 bridgehead atoms. The lowest BCUT2D eigenvalue weighted by molar-refractivity contribution is 0.0962. The fraction of sp³-hybridized carbons (Fsp3) is 0.111. The van der Waals surface area contributed by atoms with E-state index >= 15 is 0 Å². The van der Waals surface area contributed by atoms with Gasteiger partial charge in [0, 0.05) is 32.2 Å². The maximum atomic E-state index is 12.7. The Hall–Kier alpha value is -2.80. The van der Waals surface area contributed by atoms with Gasteiger partial charge >= 0.3 is 0 Å². The molecule has 4 rings (SSSR count). The van der Waals surface area contributed by atoms with Gasteiger partial charge in [0.1, 0.15) is 6.54 Å². The number of aryl methyl sites for hydroxylation is 1. The molecule has 0 saturated carbocycles. The molecule has 0 atom stereocenters. The lowest BCUT2D eigenvalue weighted by Crippen LogP contribution is -2.14. The molecule has 4 aromatic rings. The van der Waals surface area contributed by atoms with E-state index in [0.717, 1.165) is 26.6 Å². The Bertz CT molecular complexity index is 1060. The summed E-state index contributed by atoms with van der Waals surface area (Å²) < 4.78 is 0.980. The van der Waals surface area contributed by atoms with E-state index in [0.29, 0.717) is 11.4 Å². The first kappa shape index (κ1) is 15.7. The van der Waals surface area contributed by atoms with Gasteiger partial charge in [-0.15, -0.1) is 10.2 Å². The normalized spacial score (nSPS) is 11.1. The number of carbonyl (C=O) groups is 1. The number of aromatic nitrogens is 5. The highest BCUT2D eigenvalue weighted by Crippen LogP contribution is 2.23. The molecule has 2 aromatic carbocycles. The zero-order chi connectivity index (χ0) is 17.4. The SMILES string of the molecule is Cc1[nH]c2ccccc2c1C(=O)Cn1nnc(-c2ccc(Br)cc2)n1. The van der Waals surface area contributed by atoms with Gasteiger partial charge in [-0.1, -0.05) is 34.1 Å². The van der Waals surface area contributed by atoms with Gasteiger partial charge in [-0.25, -0.2) is 0 Å². The van der Waals surface area contributed by atoms with Crippen molar-refractivity contribution in [3.05, 3.63) is 64.3 Å². The number of hydrogen-bond acceptors (Lipinski definition) is 4. The van der Waals surface area contributed by atoms with Crippen molar-refractivity contribution in [2.45, 2.75) is 13.5 Å². The number of halogens is 1. The van der Waals surface area contributed by atoms with Crippen LogP contribution in [0.4, 0.5) is 0 Å². The van der Waals surface area contributed by atoms with Crippen LogP contribution in [0.3, 0.4) is 0 Å². The predicted molar refractivity (Wildman–Crippen MR) is 98.3 cm³/mol. The maximum absolute atomic E-state index is 12.7. The first-order valence-corrected chi connectivity index (χ1v) is 8.55. The third-order valence-corrected chi connectivity index (χ3v) is 4.54. The summed E-state index contributed by atoms with van der Waals surface area (Å²) in [5, 5.41) is 13.3. The van der Waals surface area contributed by atoms with Gasteiger partial charge in [0.2, 0.25) is 5.82 Å². The molecule has 2 aromatic heterocycles. The summed E-state index contributed by atoms with van der Waals surface area (Å²) in [5.74, 6) is 0.450. The van der Waals surface area contributed by atoms with Crippen molar-refractivity contribution in [1.29, 1.82) is 0 Å². The van der Waals surface area contributed by atoms with Crippen molar-refractivity contribution in [2.75, 3.05) is 0 Å². The van der Waals surface area contributed by atoms with Crippen LogP contribution < -0.4 is 0 Å². The van der Waals surface area contributed by atoms with Gasteiger partial charge in [-0.3, -0.25) is 4.79 Å². The molecule has 0 radical (unpaired) electrons. The number of Topliss-reactive ketones (excluding diaryl/α,β-unsaturated/α-hetero) is 1. The van der Waals surface area contributed by atoms with Crippen molar-refractivity contribution < 1.29 is 4.79 Å². The smallest absolute Gasteiger partial charge is 0.204 e. The Labute approximate surface area is 152 Å². The summed E-state index contributed by atoms with van der Waals surface area (Å²) in [5.41, 5.74) is 3.33. The third-order valence-electron chi connectivity index (χ3n) is 4.01. The number of hydrogen-bond donors (Lipinski definition) is 1. The Morgan fingerprint density at radius 1 is 1.16 bits per heavy atom. The van der Waals surface area contributed by atoms with E-state index in [1.165, 1.54) is 4.80 Å². The van der Waals surface area contributed by atoms with Gasteiger partial charge < -0.3 is 4.98 Å². The standard InChI is InChI=1S/C18H14BrN5O/c1-11-17(14-4-2-3-5-15(14)20-11)16(25)10-24-22-18(21-23-24)12-6-8-13(19)9-7-12/h2-9,20H,10H2,1H3. The molecule has 0 spiro atoms. The van der Waals surface area contributed by atoms with Crippen LogP contribution in [-0.4, -0.2) is 31.0 Å². The van der Waals surface area contributed by atoms with Gasteiger partial charge in [0.25, 0.3) is 0 Å². The highest BCUT2D eigenvalue weighted by molar-refractivity contribution is 9.10. The molecule has 25 heavy (non-hydrogen) atoms. The van der Waals surface area contributed by atoms with Gasteiger partial charge in [0.05, 0.1) is 0 Å². The van der Waals surface area contributed by atoms with E-state index in [2.05, 4.69) is 36.3 Å². The first-order valence-electron chi connectivity index (χ1n) is 7.76. The summed E-state index contributed by atoms with van der Waals surface area (Å²) in [7, 11) is 0. The minimum Gasteiger partial charge on any atom is -0.358 e. The van der Waals surface area contributed by atoms with E-state index in [4.69, 9.17) is 0 Å². The fourth-order valence-electron chi connectivity index (χ4n) is 2.87. The van der Waals surface area contributed by atoms with Crippen LogP contribution in [0.25, 0.3) is 22.3 Å². The molecule has 0 aliphatic rings. The van der Waals surface area contributed by atoms with Crippen LogP contribution in [0.5, 0.6) is 0 Å². The average molecular weight is 396 g/mol. The quantitative estimate of drug-likeness (QED) is 0.533.